The van der Waals surface area contributed by atoms with E-state index in [9.17, 15) is 5.11 Å². The maximum absolute atomic E-state index is 9.60. The Morgan fingerprint density at radius 1 is 0.917 bits per heavy atom. The van der Waals surface area contributed by atoms with E-state index < -0.39 is 0 Å². The molecule has 3 aromatic rings. The van der Waals surface area contributed by atoms with Crippen LogP contribution in [-0.4, -0.2) is 14.7 Å². The Labute approximate surface area is 147 Å². The molecule has 0 aliphatic heterocycles. The van der Waals surface area contributed by atoms with Gasteiger partial charge in [0.15, 0.2) is 5.16 Å². The smallest absolute Gasteiger partial charge is 0.168 e. The molecule has 124 valence electrons. The fourth-order valence-corrected chi connectivity index (χ4v) is 3.46. The number of imidazole rings is 1. The van der Waals surface area contributed by atoms with Crippen molar-refractivity contribution in [2.24, 2.45) is 0 Å². The van der Waals surface area contributed by atoms with Gasteiger partial charge >= 0.3 is 0 Å². The van der Waals surface area contributed by atoms with Crippen LogP contribution in [0.25, 0.3) is 0 Å². The summed E-state index contributed by atoms with van der Waals surface area (Å²) in [4.78, 5) is 4.50. The standard InChI is InChI=1S/C20H22N2OS/c1-15-3-7-17(8-4-15)12-22-19(13-23)11-21-20(22)24-14-18-9-5-16(2)6-10-18/h3-11,23H,12-14H2,1-2H3. The Balaban J connectivity index is 1.76. The van der Waals surface area contributed by atoms with Crippen molar-refractivity contribution in [2.75, 3.05) is 0 Å². The monoisotopic (exact) mass is 338 g/mol. The van der Waals surface area contributed by atoms with Crippen molar-refractivity contribution < 1.29 is 5.11 Å². The van der Waals surface area contributed by atoms with E-state index in [4.69, 9.17) is 0 Å². The van der Waals surface area contributed by atoms with E-state index in [2.05, 4.69) is 71.9 Å². The molecule has 0 saturated heterocycles. The van der Waals surface area contributed by atoms with Crippen molar-refractivity contribution in [1.29, 1.82) is 0 Å². The summed E-state index contributed by atoms with van der Waals surface area (Å²) < 4.78 is 2.10. The fraction of sp³-hybridized carbons (Fsp3) is 0.250. The molecule has 0 saturated carbocycles. The topological polar surface area (TPSA) is 38.1 Å². The van der Waals surface area contributed by atoms with Crippen molar-refractivity contribution in [3.05, 3.63) is 82.7 Å². The summed E-state index contributed by atoms with van der Waals surface area (Å²) in [5, 5.41) is 10.5. The molecule has 0 unspecified atom stereocenters. The SMILES string of the molecule is Cc1ccc(CSc2ncc(CO)n2Cc2ccc(C)cc2)cc1. The van der Waals surface area contributed by atoms with Crippen LogP contribution in [0.4, 0.5) is 0 Å². The minimum Gasteiger partial charge on any atom is -0.390 e. The highest BCUT2D eigenvalue weighted by Gasteiger charge is 2.11. The first-order valence-electron chi connectivity index (χ1n) is 8.05. The van der Waals surface area contributed by atoms with Crippen molar-refractivity contribution in [3.8, 4) is 0 Å². The lowest BCUT2D eigenvalue weighted by Crippen LogP contribution is -2.06. The van der Waals surface area contributed by atoms with Gasteiger partial charge in [-0.25, -0.2) is 4.98 Å². The number of aryl methyl sites for hydroxylation is 2. The summed E-state index contributed by atoms with van der Waals surface area (Å²) >= 11 is 1.71. The predicted molar refractivity (Wildman–Crippen MR) is 99.2 cm³/mol. The molecule has 1 aromatic heterocycles. The predicted octanol–water partition coefficient (Wildman–Crippen LogP) is 4.33. The highest BCUT2D eigenvalue weighted by Crippen LogP contribution is 2.24. The van der Waals surface area contributed by atoms with E-state index in [1.807, 2.05) is 0 Å². The third-order valence-corrected chi connectivity index (χ3v) is 5.08. The average Bonchev–Trinajstić information content (AvgIpc) is 2.98. The Morgan fingerprint density at radius 2 is 1.50 bits per heavy atom. The fourth-order valence-electron chi connectivity index (χ4n) is 2.51. The minimum atomic E-state index is 0.00392. The zero-order valence-corrected chi connectivity index (χ0v) is 14.9. The largest absolute Gasteiger partial charge is 0.390 e. The molecule has 0 aliphatic rings. The Morgan fingerprint density at radius 3 is 2.08 bits per heavy atom. The number of nitrogens with zero attached hydrogens (tertiary/aromatic N) is 2. The van der Waals surface area contributed by atoms with Gasteiger partial charge in [0.25, 0.3) is 0 Å². The van der Waals surface area contributed by atoms with Crippen LogP contribution in [0.3, 0.4) is 0 Å². The number of aromatic nitrogens is 2. The van der Waals surface area contributed by atoms with Crippen molar-refractivity contribution in [3.63, 3.8) is 0 Å². The summed E-state index contributed by atoms with van der Waals surface area (Å²) in [6, 6.07) is 17.1. The van der Waals surface area contributed by atoms with E-state index in [1.54, 1.807) is 18.0 Å². The molecule has 0 bridgehead atoms. The molecule has 4 heteroatoms. The molecule has 0 aliphatic carbocycles. The normalized spacial score (nSPS) is 11.0. The van der Waals surface area contributed by atoms with Crippen LogP contribution in [0.5, 0.6) is 0 Å². The number of rotatable bonds is 6. The molecule has 0 radical (unpaired) electrons. The number of hydrogen-bond donors (Lipinski definition) is 1. The average molecular weight is 338 g/mol. The molecule has 0 spiro atoms. The van der Waals surface area contributed by atoms with Gasteiger partial charge in [0.05, 0.1) is 18.5 Å². The Bertz CT molecular complexity index is 792. The number of aliphatic hydroxyl groups excluding tert-OH is 1. The molecule has 3 rings (SSSR count). The van der Waals surface area contributed by atoms with Crippen LogP contribution < -0.4 is 0 Å². The lowest BCUT2D eigenvalue weighted by Gasteiger charge is -2.11. The number of benzene rings is 2. The van der Waals surface area contributed by atoms with Crippen molar-refractivity contribution in [1.82, 2.24) is 9.55 Å². The molecule has 0 atom stereocenters. The molecule has 2 aromatic carbocycles. The summed E-state index contributed by atoms with van der Waals surface area (Å²) in [6.45, 7) is 4.91. The molecular formula is C20H22N2OS. The molecule has 3 nitrogen and oxygen atoms in total. The lowest BCUT2D eigenvalue weighted by molar-refractivity contribution is 0.270. The molecule has 24 heavy (non-hydrogen) atoms. The third-order valence-electron chi connectivity index (χ3n) is 4.01. The van der Waals surface area contributed by atoms with E-state index in [0.717, 1.165) is 23.1 Å². The minimum absolute atomic E-state index is 0.00392. The van der Waals surface area contributed by atoms with E-state index in [1.165, 1.54) is 22.3 Å². The second-order valence-corrected chi connectivity index (χ2v) is 6.98. The highest BCUT2D eigenvalue weighted by atomic mass is 32.2. The first-order valence-corrected chi connectivity index (χ1v) is 9.03. The van der Waals surface area contributed by atoms with Crippen LogP contribution in [-0.2, 0) is 18.9 Å². The van der Waals surface area contributed by atoms with Crippen LogP contribution in [0.2, 0.25) is 0 Å². The molecule has 1 heterocycles. The Hall–Kier alpha value is -2.04. The van der Waals surface area contributed by atoms with Gasteiger partial charge in [-0.1, -0.05) is 71.4 Å². The maximum Gasteiger partial charge on any atom is 0.168 e. The molecule has 0 amide bonds. The van der Waals surface area contributed by atoms with Crippen LogP contribution in [0.15, 0.2) is 59.9 Å². The summed E-state index contributed by atoms with van der Waals surface area (Å²) in [5.41, 5.74) is 5.86. The first-order chi connectivity index (χ1) is 11.7. The van der Waals surface area contributed by atoms with Gasteiger partial charge in [-0.2, -0.15) is 0 Å². The highest BCUT2D eigenvalue weighted by molar-refractivity contribution is 7.98. The van der Waals surface area contributed by atoms with Crippen molar-refractivity contribution in [2.45, 2.75) is 37.9 Å². The molecule has 0 fully saturated rings. The van der Waals surface area contributed by atoms with E-state index >= 15 is 0 Å². The first kappa shape index (κ1) is 16.8. The van der Waals surface area contributed by atoms with Crippen LogP contribution in [0.1, 0.15) is 27.9 Å². The van der Waals surface area contributed by atoms with Crippen LogP contribution in [0, 0.1) is 13.8 Å². The van der Waals surface area contributed by atoms with E-state index in [0.29, 0.717) is 0 Å². The number of hydrogen-bond acceptors (Lipinski definition) is 3. The van der Waals surface area contributed by atoms with Crippen LogP contribution >= 0.6 is 11.8 Å². The maximum atomic E-state index is 9.60. The second-order valence-electron chi connectivity index (χ2n) is 6.04. The molecular weight excluding hydrogens is 316 g/mol. The van der Waals surface area contributed by atoms with Gasteiger partial charge < -0.3 is 9.67 Å². The van der Waals surface area contributed by atoms with Gasteiger partial charge in [0.2, 0.25) is 0 Å². The second kappa shape index (κ2) is 7.69. The van der Waals surface area contributed by atoms with Gasteiger partial charge in [-0.05, 0) is 25.0 Å². The number of aliphatic hydroxyl groups is 1. The summed E-state index contributed by atoms with van der Waals surface area (Å²) in [6.07, 6.45) is 1.77. The third kappa shape index (κ3) is 4.08. The quantitative estimate of drug-likeness (QED) is 0.680. The van der Waals surface area contributed by atoms with Gasteiger partial charge in [0.1, 0.15) is 0 Å². The zero-order valence-electron chi connectivity index (χ0n) is 14.1. The van der Waals surface area contributed by atoms with Gasteiger partial charge in [-0.3, -0.25) is 0 Å². The Kier molecular flexibility index (Phi) is 5.38. The number of thioether (sulfide) groups is 1. The van der Waals surface area contributed by atoms with E-state index in [-0.39, 0.29) is 6.61 Å². The summed E-state index contributed by atoms with van der Waals surface area (Å²) in [5.74, 6) is 0.871. The van der Waals surface area contributed by atoms with Gasteiger partial charge in [-0.15, -0.1) is 0 Å². The zero-order chi connectivity index (χ0) is 16.9. The molecule has 1 N–H and O–H groups in total. The lowest BCUT2D eigenvalue weighted by atomic mass is 10.1. The van der Waals surface area contributed by atoms with Crippen molar-refractivity contribution >= 4 is 11.8 Å². The summed E-state index contributed by atoms with van der Waals surface area (Å²) in [7, 11) is 0. The van der Waals surface area contributed by atoms with Gasteiger partial charge in [0, 0.05) is 12.3 Å².